The molecule has 0 aliphatic rings. The van der Waals surface area contributed by atoms with Gasteiger partial charge in [-0.1, -0.05) is 23.2 Å². The maximum absolute atomic E-state index is 12.1. The molecule has 1 aromatic heterocycles. The number of benzene rings is 1. The zero-order chi connectivity index (χ0) is 15.6. The van der Waals surface area contributed by atoms with E-state index in [1.54, 1.807) is 12.1 Å². The number of rotatable bonds is 3. The van der Waals surface area contributed by atoms with Crippen molar-refractivity contribution in [3.63, 3.8) is 0 Å². The highest BCUT2D eigenvalue weighted by molar-refractivity contribution is 6.35. The predicted octanol–water partition coefficient (Wildman–Crippen LogP) is 2.68. The fourth-order valence-electron chi connectivity index (χ4n) is 1.70. The van der Waals surface area contributed by atoms with Gasteiger partial charge in [0.05, 0.1) is 29.6 Å². The fraction of sp³-hybridized carbons (Fsp3) is 0.154. The lowest BCUT2D eigenvalue weighted by atomic mass is 10.2. The number of halogens is 2. The van der Waals surface area contributed by atoms with Crippen molar-refractivity contribution in [2.45, 2.75) is 0 Å². The number of carbonyl (C=O) groups excluding carboxylic acids is 1. The molecule has 0 unspecified atom stereocenters. The molecule has 1 heterocycles. The van der Waals surface area contributed by atoms with Crippen LogP contribution in [0.4, 0.5) is 0 Å². The van der Waals surface area contributed by atoms with E-state index in [4.69, 9.17) is 28.0 Å². The van der Waals surface area contributed by atoms with Crippen LogP contribution in [0.15, 0.2) is 24.4 Å². The van der Waals surface area contributed by atoms with Crippen LogP contribution in [-0.2, 0) is 4.84 Å². The second-order valence-electron chi connectivity index (χ2n) is 4.01. The second-order valence-corrected chi connectivity index (χ2v) is 4.86. The number of nitriles is 1. The SMILES string of the molecule is CON(C)C(=O)c1cnn(-c2ccc(Cl)cc2Cl)c1C#N. The number of nitrogens with zero attached hydrogens (tertiary/aromatic N) is 4. The molecule has 2 rings (SSSR count). The molecule has 0 saturated carbocycles. The summed E-state index contributed by atoms with van der Waals surface area (Å²) in [5.74, 6) is -0.481. The van der Waals surface area contributed by atoms with E-state index >= 15 is 0 Å². The summed E-state index contributed by atoms with van der Waals surface area (Å²) in [4.78, 5) is 16.9. The molecule has 1 aromatic carbocycles. The normalized spacial score (nSPS) is 10.2. The summed E-state index contributed by atoms with van der Waals surface area (Å²) in [5, 5.41) is 15.1. The molecule has 8 heteroatoms. The van der Waals surface area contributed by atoms with Gasteiger partial charge in [0.25, 0.3) is 5.91 Å². The molecule has 0 spiro atoms. The molecule has 21 heavy (non-hydrogen) atoms. The van der Waals surface area contributed by atoms with Crippen LogP contribution in [0.2, 0.25) is 10.0 Å². The van der Waals surface area contributed by atoms with Gasteiger partial charge in [-0.2, -0.15) is 10.4 Å². The maximum atomic E-state index is 12.1. The third kappa shape index (κ3) is 2.85. The van der Waals surface area contributed by atoms with E-state index in [0.29, 0.717) is 15.7 Å². The highest BCUT2D eigenvalue weighted by Crippen LogP contribution is 2.26. The smallest absolute Gasteiger partial charge is 0.274 e. The van der Waals surface area contributed by atoms with Crippen LogP contribution in [0.5, 0.6) is 0 Å². The molecular formula is C13H10Cl2N4O2. The van der Waals surface area contributed by atoms with E-state index in [9.17, 15) is 10.1 Å². The van der Waals surface area contributed by atoms with Crippen LogP contribution in [0.1, 0.15) is 16.1 Å². The van der Waals surface area contributed by atoms with Gasteiger partial charge in [-0.25, -0.2) is 9.75 Å². The number of amides is 1. The second kappa shape index (κ2) is 6.14. The Kier molecular flexibility index (Phi) is 4.48. The van der Waals surface area contributed by atoms with Gasteiger partial charge in [0.1, 0.15) is 6.07 Å². The summed E-state index contributed by atoms with van der Waals surface area (Å²) in [6, 6.07) is 6.72. The molecule has 108 valence electrons. The van der Waals surface area contributed by atoms with E-state index < -0.39 is 5.91 Å². The lowest BCUT2D eigenvalue weighted by molar-refractivity contribution is -0.0757. The number of hydrogen-bond donors (Lipinski definition) is 0. The van der Waals surface area contributed by atoms with E-state index in [1.165, 1.54) is 31.1 Å². The van der Waals surface area contributed by atoms with Crippen LogP contribution in [0, 0.1) is 11.3 Å². The summed E-state index contributed by atoms with van der Waals surface area (Å²) in [5.41, 5.74) is 0.637. The average Bonchev–Trinajstić information content (AvgIpc) is 2.89. The van der Waals surface area contributed by atoms with Crippen LogP contribution in [-0.4, -0.2) is 34.9 Å². The Labute approximate surface area is 131 Å². The summed E-state index contributed by atoms with van der Waals surface area (Å²) in [6.07, 6.45) is 1.29. The third-order valence-electron chi connectivity index (χ3n) is 2.80. The molecule has 0 radical (unpaired) electrons. The highest BCUT2D eigenvalue weighted by Gasteiger charge is 2.22. The van der Waals surface area contributed by atoms with E-state index in [2.05, 4.69) is 5.10 Å². The Bertz CT molecular complexity index is 736. The topological polar surface area (TPSA) is 71.2 Å². The first-order valence-electron chi connectivity index (χ1n) is 5.75. The maximum Gasteiger partial charge on any atom is 0.281 e. The molecule has 0 bridgehead atoms. The monoisotopic (exact) mass is 324 g/mol. The average molecular weight is 325 g/mol. The minimum atomic E-state index is -0.481. The molecule has 0 fully saturated rings. The molecule has 0 saturated heterocycles. The Morgan fingerprint density at radius 2 is 2.19 bits per heavy atom. The van der Waals surface area contributed by atoms with Crippen molar-refractivity contribution in [3.05, 3.63) is 45.7 Å². The van der Waals surface area contributed by atoms with E-state index in [-0.39, 0.29) is 11.3 Å². The molecule has 0 N–H and O–H groups in total. The van der Waals surface area contributed by atoms with Gasteiger partial charge in [0, 0.05) is 12.1 Å². The van der Waals surface area contributed by atoms with Crippen molar-refractivity contribution in [1.82, 2.24) is 14.8 Å². The van der Waals surface area contributed by atoms with Gasteiger partial charge in [-0.3, -0.25) is 9.63 Å². The molecule has 6 nitrogen and oxygen atoms in total. The Morgan fingerprint density at radius 3 is 2.76 bits per heavy atom. The van der Waals surface area contributed by atoms with Gasteiger partial charge >= 0.3 is 0 Å². The number of hydrogen-bond acceptors (Lipinski definition) is 4. The summed E-state index contributed by atoms with van der Waals surface area (Å²) >= 11 is 11.9. The number of carbonyl (C=O) groups is 1. The lowest BCUT2D eigenvalue weighted by Gasteiger charge is -2.12. The largest absolute Gasteiger partial charge is 0.281 e. The van der Waals surface area contributed by atoms with Crippen molar-refractivity contribution in [3.8, 4) is 11.8 Å². The molecule has 1 amide bonds. The van der Waals surface area contributed by atoms with Gasteiger partial charge in [-0.15, -0.1) is 0 Å². The van der Waals surface area contributed by atoms with Crippen LogP contribution >= 0.6 is 23.2 Å². The van der Waals surface area contributed by atoms with Crippen molar-refractivity contribution in [1.29, 1.82) is 5.26 Å². The quantitative estimate of drug-likeness (QED) is 0.814. The number of aromatic nitrogens is 2. The first-order valence-corrected chi connectivity index (χ1v) is 6.51. The van der Waals surface area contributed by atoms with Crippen LogP contribution in [0.3, 0.4) is 0 Å². The molecule has 0 aliphatic heterocycles. The molecule has 0 atom stereocenters. The number of hydroxylamine groups is 2. The zero-order valence-electron chi connectivity index (χ0n) is 11.2. The first kappa shape index (κ1) is 15.3. The minimum Gasteiger partial charge on any atom is -0.274 e. The minimum absolute atomic E-state index is 0.0631. The fourth-order valence-corrected chi connectivity index (χ4v) is 2.19. The lowest BCUT2D eigenvalue weighted by Crippen LogP contribution is -2.25. The predicted molar refractivity (Wildman–Crippen MR) is 77.4 cm³/mol. The van der Waals surface area contributed by atoms with Crippen molar-refractivity contribution >= 4 is 29.1 Å². The zero-order valence-corrected chi connectivity index (χ0v) is 12.7. The van der Waals surface area contributed by atoms with Gasteiger partial charge in [0.15, 0.2) is 5.69 Å². The van der Waals surface area contributed by atoms with Gasteiger partial charge in [0.2, 0.25) is 0 Å². The first-order chi connectivity index (χ1) is 9.99. The Balaban J connectivity index is 2.55. The third-order valence-corrected chi connectivity index (χ3v) is 3.34. The van der Waals surface area contributed by atoms with Gasteiger partial charge < -0.3 is 0 Å². The van der Waals surface area contributed by atoms with Crippen molar-refractivity contribution < 1.29 is 9.63 Å². The van der Waals surface area contributed by atoms with Gasteiger partial charge in [-0.05, 0) is 18.2 Å². The van der Waals surface area contributed by atoms with Crippen LogP contribution in [0.25, 0.3) is 5.69 Å². The van der Waals surface area contributed by atoms with E-state index in [1.807, 2.05) is 6.07 Å². The molecule has 2 aromatic rings. The highest BCUT2D eigenvalue weighted by atomic mass is 35.5. The standard InChI is InChI=1S/C13H10Cl2N4O2/c1-18(21-2)13(20)9-7-17-19(12(9)6-16)11-4-3-8(14)5-10(11)15/h3-5,7H,1-2H3. The van der Waals surface area contributed by atoms with Crippen molar-refractivity contribution in [2.75, 3.05) is 14.2 Å². The summed E-state index contributed by atoms with van der Waals surface area (Å²) < 4.78 is 1.29. The van der Waals surface area contributed by atoms with Crippen molar-refractivity contribution in [2.24, 2.45) is 0 Å². The van der Waals surface area contributed by atoms with Crippen LogP contribution < -0.4 is 0 Å². The molecular weight excluding hydrogens is 315 g/mol. The Morgan fingerprint density at radius 1 is 1.48 bits per heavy atom. The van der Waals surface area contributed by atoms with E-state index in [0.717, 1.165) is 5.06 Å². The summed E-state index contributed by atoms with van der Waals surface area (Å²) in [7, 11) is 2.79. The Hall–Kier alpha value is -2.07. The molecule has 0 aliphatic carbocycles. The summed E-state index contributed by atoms with van der Waals surface area (Å²) in [6.45, 7) is 0.